The summed E-state index contributed by atoms with van der Waals surface area (Å²) in [5.41, 5.74) is 1.29. The fraction of sp³-hybridized carbons (Fsp3) is 0.583. The summed E-state index contributed by atoms with van der Waals surface area (Å²) in [5, 5.41) is 3.06. The van der Waals surface area contributed by atoms with Crippen molar-refractivity contribution < 1.29 is 4.79 Å². The fourth-order valence-electron chi connectivity index (χ4n) is 2.19. The number of hydrogen-bond acceptors (Lipinski definition) is 2. The van der Waals surface area contributed by atoms with E-state index in [0.29, 0.717) is 5.88 Å². The van der Waals surface area contributed by atoms with Crippen LogP contribution in [-0.2, 0) is 12.8 Å². The van der Waals surface area contributed by atoms with Gasteiger partial charge in [0, 0.05) is 10.8 Å². The maximum Gasteiger partial charge on any atom is 0.261 e. The SMILES string of the molecule is O=C(NC1(CCl)CC1)c1cc2c(s1)CCC2. The lowest BCUT2D eigenvalue weighted by Crippen LogP contribution is -2.37. The Morgan fingerprint density at radius 2 is 2.31 bits per heavy atom. The van der Waals surface area contributed by atoms with Crippen molar-refractivity contribution in [3.05, 3.63) is 21.4 Å². The minimum atomic E-state index is -0.0902. The molecule has 0 spiro atoms. The summed E-state index contributed by atoms with van der Waals surface area (Å²) >= 11 is 7.50. The second kappa shape index (κ2) is 3.74. The van der Waals surface area contributed by atoms with Crippen LogP contribution < -0.4 is 5.32 Å². The van der Waals surface area contributed by atoms with Gasteiger partial charge >= 0.3 is 0 Å². The zero-order valence-electron chi connectivity index (χ0n) is 9.01. The number of rotatable bonds is 3. The molecule has 1 heterocycles. The molecule has 1 fully saturated rings. The monoisotopic (exact) mass is 255 g/mol. The van der Waals surface area contributed by atoms with E-state index in [2.05, 4.69) is 11.4 Å². The van der Waals surface area contributed by atoms with E-state index < -0.39 is 0 Å². The van der Waals surface area contributed by atoms with E-state index >= 15 is 0 Å². The molecular formula is C12H14ClNOS. The van der Waals surface area contributed by atoms with Gasteiger partial charge in [0.05, 0.1) is 10.4 Å². The van der Waals surface area contributed by atoms with Crippen molar-refractivity contribution in [3.8, 4) is 0 Å². The smallest absolute Gasteiger partial charge is 0.261 e. The van der Waals surface area contributed by atoms with Gasteiger partial charge < -0.3 is 5.32 Å². The maximum atomic E-state index is 12.0. The van der Waals surface area contributed by atoms with E-state index in [4.69, 9.17) is 11.6 Å². The van der Waals surface area contributed by atoms with Crippen LogP contribution in [-0.4, -0.2) is 17.3 Å². The second-order valence-electron chi connectivity index (χ2n) is 4.78. The van der Waals surface area contributed by atoms with Crippen molar-refractivity contribution in [2.75, 3.05) is 5.88 Å². The van der Waals surface area contributed by atoms with Crippen LogP contribution in [0.3, 0.4) is 0 Å². The molecule has 2 nitrogen and oxygen atoms in total. The topological polar surface area (TPSA) is 29.1 Å². The Kier molecular flexibility index (Phi) is 2.48. The van der Waals surface area contributed by atoms with E-state index in [1.807, 2.05) is 0 Å². The van der Waals surface area contributed by atoms with Crippen molar-refractivity contribution in [3.63, 3.8) is 0 Å². The molecule has 0 saturated heterocycles. The first-order chi connectivity index (χ1) is 7.72. The average molecular weight is 256 g/mol. The van der Waals surface area contributed by atoms with Gasteiger partial charge in [-0.1, -0.05) is 0 Å². The molecule has 1 amide bonds. The van der Waals surface area contributed by atoms with E-state index in [-0.39, 0.29) is 11.4 Å². The fourth-order valence-corrected chi connectivity index (χ4v) is 3.67. The quantitative estimate of drug-likeness (QED) is 0.827. The highest BCUT2D eigenvalue weighted by atomic mass is 35.5. The lowest BCUT2D eigenvalue weighted by molar-refractivity contribution is 0.0940. The van der Waals surface area contributed by atoms with Crippen molar-refractivity contribution in [1.29, 1.82) is 0 Å². The lowest BCUT2D eigenvalue weighted by atomic mass is 10.2. The molecule has 0 unspecified atom stereocenters. The predicted molar refractivity (Wildman–Crippen MR) is 66.5 cm³/mol. The number of nitrogens with one attached hydrogen (secondary N) is 1. The highest BCUT2D eigenvalue weighted by molar-refractivity contribution is 7.14. The Bertz CT molecular complexity index is 415. The molecule has 0 bridgehead atoms. The third kappa shape index (κ3) is 1.76. The Labute approximate surface area is 104 Å². The average Bonchev–Trinajstić information content (AvgIpc) is 2.72. The standard InChI is InChI=1S/C12H14ClNOS/c13-7-12(4-5-12)14-11(15)10-6-8-2-1-3-9(8)16-10/h6H,1-5,7H2,(H,14,15). The van der Waals surface area contributed by atoms with Gasteiger partial charge in [-0.15, -0.1) is 22.9 Å². The van der Waals surface area contributed by atoms with Gasteiger partial charge in [-0.05, 0) is 43.7 Å². The zero-order chi connectivity index (χ0) is 11.2. The molecule has 1 N–H and O–H groups in total. The summed E-state index contributed by atoms with van der Waals surface area (Å²) in [6.07, 6.45) is 5.57. The number of halogens is 1. The van der Waals surface area contributed by atoms with Crippen LogP contribution in [0.1, 0.15) is 39.4 Å². The van der Waals surface area contributed by atoms with Crippen LogP contribution in [0.25, 0.3) is 0 Å². The molecule has 1 saturated carbocycles. The van der Waals surface area contributed by atoms with Crippen LogP contribution in [0.2, 0.25) is 0 Å². The number of fused-ring (bicyclic) bond motifs is 1. The third-order valence-electron chi connectivity index (χ3n) is 3.46. The number of aryl methyl sites for hydroxylation is 2. The molecule has 3 rings (SSSR count). The van der Waals surface area contributed by atoms with Crippen molar-refractivity contribution in [2.45, 2.75) is 37.6 Å². The number of amides is 1. The van der Waals surface area contributed by atoms with Crippen molar-refractivity contribution in [1.82, 2.24) is 5.32 Å². The first-order valence-electron chi connectivity index (χ1n) is 5.72. The largest absolute Gasteiger partial charge is 0.345 e. The van der Waals surface area contributed by atoms with E-state index in [0.717, 1.165) is 30.6 Å². The summed E-state index contributed by atoms with van der Waals surface area (Å²) in [6, 6.07) is 2.06. The molecule has 2 aliphatic carbocycles. The minimum Gasteiger partial charge on any atom is -0.345 e. The molecule has 86 valence electrons. The Balaban J connectivity index is 1.74. The summed E-state index contributed by atoms with van der Waals surface area (Å²) < 4.78 is 0. The van der Waals surface area contributed by atoms with E-state index in [9.17, 15) is 4.79 Å². The van der Waals surface area contributed by atoms with E-state index in [1.54, 1.807) is 11.3 Å². The minimum absolute atomic E-state index is 0.0672. The summed E-state index contributed by atoms with van der Waals surface area (Å²) in [6.45, 7) is 0. The lowest BCUT2D eigenvalue weighted by Gasteiger charge is -2.12. The number of thiophene rings is 1. The summed E-state index contributed by atoms with van der Waals surface area (Å²) in [5.74, 6) is 0.599. The molecular weight excluding hydrogens is 242 g/mol. The molecule has 0 aliphatic heterocycles. The summed E-state index contributed by atoms with van der Waals surface area (Å²) in [4.78, 5) is 14.3. The molecule has 2 aliphatic rings. The van der Waals surface area contributed by atoms with Gasteiger partial charge in [-0.2, -0.15) is 0 Å². The molecule has 0 radical (unpaired) electrons. The maximum absolute atomic E-state index is 12.0. The van der Waals surface area contributed by atoms with Crippen LogP contribution in [0.15, 0.2) is 6.07 Å². The van der Waals surface area contributed by atoms with Crippen molar-refractivity contribution in [2.24, 2.45) is 0 Å². The van der Waals surface area contributed by atoms with Gasteiger partial charge in [0.1, 0.15) is 0 Å². The third-order valence-corrected chi connectivity index (χ3v) is 5.21. The molecule has 0 aromatic carbocycles. The predicted octanol–water partition coefficient (Wildman–Crippen LogP) is 2.74. The number of carbonyl (C=O) groups excluding carboxylic acids is 1. The van der Waals surface area contributed by atoms with Crippen LogP contribution in [0.5, 0.6) is 0 Å². The van der Waals surface area contributed by atoms with Crippen LogP contribution in [0.4, 0.5) is 0 Å². The van der Waals surface area contributed by atoms with Crippen molar-refractivity contribution >= 4 is 28.8 Å². The molecule has 0 atom stereocenters. The highest BCUT2D eigenvalue weighted by Crippen LogP contribution is 2.37. The van der Waals surface area contributed by atoms with Gasteiger partial charge in [0.2, 0.25) is 0 Å². The number of carbonyl (C=O) groups is 1. The van der Waals surface area contributed by atoms with Crippen LogP contribution in [0, 0.1) is 0 Å². The second-order valence-corrected chi connectivity index (χ2v) is 6.18. The normalized spacial score (nSPS) is 20.6. The molecule has 16 heavy (non-hydrogen) atoms. The molecule has 1 aromatic heterocycles. The number of alkyl halides is 1. The Hall–Kier alpha value is -0.540. The number of hydrogen-bond donors (Lipinski definition) is 1. The Morgan fingerprint density at radius 3 is 2.94 bits per heavy atom. The van der Waals surface area contributed by atoms with Gasteiger partial charge in [-0.3, -0.25) is 4.79 Å². The molecule has 1 aromatic rings. The van der Waals surface area contributed by atoms with E-state index in [1.165, 1.54) is 16.9 Å². The Morgan fingerprint density at radius 1 is 1.50 bits per heavy atom. The first-order valence-corrected chi connectivity index (χ1v) is 7.08. The highest BCUT2D eigenvalue weighted by Gasteiger charge is 2.43. The zero-order valence-corrected chi connectivity index (χ0v) is 10.6. The summed E-state index contributed by atoms with van der Waals surface area (Å²) in [7, 11) is 0. The van der Waals surface area contributed by atoms with Gasteiger partial charge in [-0.25, -0.2) is 0 Å². The van der Waals surface area contributed by atoms with Crippen LogP contribution >= 0.6 is 22.9 Å². The van der Waals surface area contributed by atoms with Gasteiger partial charge in [0.15, 0.2) is 0 Å². The molecule has 4 heteroatoms. The first kappa shape index (κ1) is 10.6. The van der Waals surface area contributed by atoms with Gasteiger partial charge in [0.25, 0.3) is 5.91 Å².